The quantitative estimate of drug-likeness (QED) is 0.0742. The standard InChI is InChI=1S/C32H66O3S/c1-3-5-7-9-11-13-14-15-16-17-18-19-20-21-23-25-27-29-31-32(36(33,34)35)30-28-26-24-22-12-10-8-6-4-2/h32H,3-31H2,1-2H3,(H,33,34,35). The summed E-state index contributed by atoms with van der Waals surface area (Å²) < 4.78 is 33.2. The Hall–Kier alpha value is -0.0900. The van der Waals surface area contributed by atoms with Crippen LogP contribution in [-0.2, 0) is 10.1 Å². The van der Waals surface area contributed by atoms with Crippen molar-refractivity contribution in [2.45, 2.75) is 205 Å². The average Bonchev–Trinajstić information content (AvgIpc) is 2.85. The van der Waals surface area contributed by atoms with Crippen LogP contribution in [0.5, 0.6) is 0 Å². The van der Waals surface area contributed by atoms with Gasteiger partial charge >= 0.3 is 0 Å². The van der Waals surface area contributed by atoms with Crippen molar-refractivity contribution in [3.05, 3.63) is 0 Å². The summed E-state index contributed by atoms with van der Waals surface area (Å²) in [5, 5.41) is -0.539. The van der Waals surface area contributed by atoms with Crippen LogP contribution in [0.2, 0.25) is 0 Å². The van der Waals surface area contributed by atoms with Crippen molar-refractivity contribution >= 4 is 10.1 Å². The Morgan fingerprint density at radius 2 is 0.583 bits per heavy atom. The van der Waals surface area contributed by atoms with Gasteiger partial charge in [0.1, 0.15) is 0 Å². The van der Waals surface area contributed by atoms with E-state index in [9.17, 15) is 13.0 Å². The highest BCUT2D eigenvalue weighted by Crippen LogP contribution is 2.20. The largest absolute Gasteiger partial charge is 0.285 e. The van der Waals surface area contributed by atoms with E-state index < -0.39 is 15.4 Å². The molecule has 218 valence electrons. The minimum Gasteiger partial charge on any atom is -0.285 e. The predicted molar refractivity (Wildman–Crippen MR) is 161 cm³/mol. The van der Waals surface area contributed by atoms with Gasteiger partial charge < -0.3 is 0 Å². The highest BCUT2D eigenvalue weighted by Gasteiger charge is 2.21. The Kier molecular flexibility index (Phi) is 27.9. The zero-order valence-corrected chi connectivity index (χ0v) is 25.6. The van der Waals surface area contributed by atoms with Gasteiger partial charge in [0.25, 0.3) is 10.1 Å². The molecule has 0 aliphatic heterocycles. The Bertz CT molecular complexity index is 517. The van der Waals surface area contributed by atoms with E-state index in [2.05, 4.69) is 13.8 Å². The van der Waals surface area contributed by atoms with Gasteiger partial charge in [0.05, 0.1) is 5.25 Å². The summed E-state index contributed by atoms with van der Waals surface area (Å²) in [6.07, 6.45) is 36.5. The lowest BCUT2D eigenvalue weighted by atomic mass is 10.0. The van der Waals surface area contributed by atoms with Crippen molar-refractivity contribution in [2.75, 3.05) is 0 Å². The van der Waals surface area contributed by atoms with Crippen LogP contribution in [0.1, 0.15) is 200 Å². The molecule has 0 aromatic rings. The number of unbranched alkanes of at least 4 members (excludes halogenated alkanes) is 25. The van der Waals surface area contributed by atoms with Crippen LogP contribution in [0.15, 0.2) is 0 Å². The van der Waals surface area contributed by atoms with Crippen LogP contribution < -0.4 is 0 Å². The third-order valence-electron chi connectivity index (χ3n) is 7.93. The van der Waals surface area contributed by atoms with E-state index in [1.807, 2.05) is 0 Å². The van der Waals surface area contributed by atoms with Gasteiger partial charge in [0, 0.05) is 0 Å². The van der Waals surface area contributed by atoms with Gasteiger partial charge in [0.2, 0.25) is 0 Å². The summed E-state index contributed by atoms with van der Waals surface area (Å²) in [6.45, 7) is 4.53. The molecule has 4 heteroatoms. The average molecular weight is 531 g/mol. The van der Waals surface area contributed by atoms with Gasteiger partial charge in [-0.1, -0.05) is 187 Å². The van der Waals surface area contributed by atoms with E-state index >= 15 is 0 Å². The fraction of sp³-hybridized carbons (Fsp3) is 1.00. The summed E-state index contributed by atoms with van der Waals surface area (Å²) in [5.74, 6) is 0. The SMILES string of the molecule is CCCCCCCCCCCCCCCCCCCCC(CCCCCCCCCCC)S(=O)(=O)O. The van der Waals surface area contributed by atoms with Crippen LogP contribution >= 0.6 is 0 Å². The van der Waals surface area contributed by atoms with Gasteiger partial charge in [-0.2, -0.15) is 8.42 Å². The van der Waals surface area contributed by atoms with E-state index in [0.29, 0.717) is 12.8 Å². The second kappa shape index (κ2) is 27.9. The molecular formula is C32H66O3S. The maximum atomic E-state index is 11.8. The lowest BCUT2D eigenvalue weighted by Gasteiger charge is -2.13. The first kappa shape index (κ1) is 35.9. The van der Waals surface area contributed by atoms with Crippen molar-refractivity contribution in [1.82, 2.24) is 0 Å². The molecule has 0 aromatic heterocycles. The fourth-order valence-corrected chi connectivity index (χ4v) is 6.33. The number of hydrogen-bond acceptors (Lipinski definition) is 2. The lowest BCUT2D eigenvalue weighted by molar-refractivity contribution is 0.442. The molecule has 0 aromatic carbocycles. The highest BCUT2D eigenvalue weighted by molar-refractivity contribution is 7.86. The van der Waals surface area contributed by atoms with Gasteiger partial charge in [-0.05, 0) is 12.8 Å². The molecule has 3 nitrogen and oxygen atoms in total. The van der Waals surface area contributed by atoms with E-state index in [1.165, 1.54) is 148 Å². The summed E-state index contributed by atoms with van der Waals surface area (Å²) in [5.41, 5.74) is 0. The summed E-state index contributed by atoms with van der Waals surface area (Å²) in [6, 6.07) is 0. The molecule has 1 unspecified atom stereocenters. The number of rotatable bonds is 30. The molecular weight excluding hydrogens is 464 g/mol. The van der Waals surface area contributed by atoms with Gasteiger partial charge in [0.15, 0.2) is 0 Å². The molecule has 36 heavy (non-hydrogen) atoms. The molecule has 0 saturated carbocycles. The summed E-state index contributed by atoms with van der Waals surface area (Å²) in [7, 11) is -3.90. The van der Waals surface area contributed by atoms with E-state index in [1.54, 1.807) is 0 Å². The zero-order valence-electron chi connectivity index (χ0n) is 24.8. The molecule has 1 atom stereocenters. The van der Waals surface area contributed by atoms with Crippen LogP contribution in [0.25, 0.3) is 0 Å². The fourth-order valence-electron chi connectivity index (χ4n) is 5.40. The van der Waals surface area contributed by atoms with Crippen molar-refractivity contribution in [2.24, 2.45) is 0 Å². The van der Waals surface area contributed by atoms with Crippen LogP contribution in [0.3, 0.4) is 0 Å². The van der Waals surface area contributed by atoms with Crippen molar-refractivity contribution in [3.63, 3.8) is 0 Å². The molecule has 0 amide bonds. The molecule has 0 heterocycles. The second-order valence-corrected chi connectivity index (χ2v) is 13.2. The molecule has 1 N–H and O–H groups in total. The maximum absolute atomic E-state index is 11.8. The zero-order chi connectivity index (χ0) is 26.6. The second-order valence-electron chi connectivity index (χ2n) is 11.6. The minimum atomic E-state index is -3.90. The van der Waals surface area contributed by atoms with E-state index in [4.69, 9.17) is 0 Å². The van der Waals surface area contributed by atoms with E-state index in [0.717, 1.165) is 25.7 Å². The first-order chi connectivity index (χ1) is 17.5. The predicted octanol–water partition coefficient (Wildman–Crippen LogP) is 11.6. The molecule has 0 radical (unpaired) electrons. The Morgan fingerprint density at radius 3 is 0.778 bits per heavy atom. The van der Waals surface area contributed by atoms with E-state index in [-0.39, 0.29) is 0 Å². The lowest BCUT2D eigenvalue weighted by Crippen LogP contribution is -2.20. The Balaban J connectivity index is 3.48. The summed E-state index contributed by atoms with van der Waals surface area (Å²) in [4.78, 5) is 0. The maximum Gasteiger partial charge on any atom is 0.267 e. The smallest absolute Gasteiger partial charge is 0.267 e. The van der Waals surface area contributed by atoms with Crippen molar-refractivity contribution in [3.8, 4) is 0 Å². The monoisotopic (exact) mass is 530 g/mol. The van der Waals surface area contributed by atoms with Crippen molar-refractivity contribution < 1.29 is 13.0 Å². The molecule has 0 rings (SSSR count). The van der Waals surface area contributed by atoms with Crippen molar-refractivity contribution in [1.29, 1.82) is 0 Å². The third-order valence-corrected chi connectivity index (χ3v) is 9.24. The molecule has 0 spiro atoms. The summed E-state index contributed by atoms with van der Waals surface area (Å²) >= 11 is 0. The molecule has 0 bridgehead atoms. The molecule has 0 fully saturated rings. The van der Waals surface area contributed by atoms with Crippen LogP contribution in [-0.4, -0.2) is 18.2 Å². The first-order valence-electron chi connectivity index (χ1n) is 16.5. The number of hydrogen-bond donors (Lipinski definition) is 1. The minimum absolute atomic E-state index is 0.539. The molecule has 0 aliphatic rings. The van der Waals surface area contributed by atoms with Gasteiger partial charge in [-0.3, -0.25) is 4.55 Å². The van der Waals surface area contributed by atoms with Crippen LogP contribution in [0, 0.1) is 0 Å². The molecule has 0 aliphatic carbocycles. The highest BCUT2D eigenvalue weighted by atomic mass is 32.2. The van der Waals surface area contributed by atoms with Crippen LogP contribution in [0.4, 0.5) is 0 Å². The van der Waals surface area contributed by atoms with Gasteiger partial charge in [-0.25, -0.2) is 0 Å². The Morgan fingerprint density at radius 1 is 0.389 bits per heavy atom. The van der Waals surface area contributed by atoms with Gasteiger partial charge in [-0.15, -0.1) is 0 Å². The Labute approximate surface area is 228 Å². The topological polar surface area (TPSA) is 54.4 Å². The molecule has 0 saturated heterocycles. The first-order valence-corrected chi connectivity index (χ1v) is 18.0. The normalized spacial score (nSPS) is 12.9. The third kappa shape index (κ3) is 27.0.